The van der Waals surface area contributed by atoms with E-state index in [-0.39, 0.29) is 0 Å². The van der Waals surface area contributed by atoms with Crippen LogP contribution in [0.4, 0.5) is 0 Å². The lowest BCUT2D eigenvalue weighted by Crippen LogP contribution is -2.55. The predicted octanol–water partition coefficient (Wildman–Crippen LogP) is 1.71. The second-order valence-electron chi connectivity index (χ2n) is 5.38. The third kappa shape index (κ3) is 2.29. The Morgan fingerprint density at radius 3 is 2.50 bits per heavy atom. The molecule has 2 nitrogen and oxygen atoms in total. The van der Waals surface area contributed by atoms with E-state index < -0.39 is 0 Å². The highest BCUT2D eigenvalue weighted by molar-refractivity contribution is 4.92. The quantitative estimate of drug-likeness (QED) is 0.739. The van der Waals surface area contributed by atoms with Gasteiger partial charge >= 0.3 is 0 Å². The lowest BCUT2D eigenvalue weighted by molar-refractivity contribution is 0.117. The third-order valence-electron chi connectivity index (χ3n) is 3.97. The fourth-order valence-electron chi connectivity index (χ4n) is 2.41. The predicted molar refractivity (Wildman–Crippen MR) is 60.4 cm³/mol. The molecule has 0 aromatic heterocycles. The number of piperazine rings is 1. The summed E-state index contributed by atoms with van der Waals surface area (Å²) in [5.74, 6) is 1.78. The summed E-state index contributed by atoms with van der Waals surface area (Å²) in [6.45, 7) is 10.8. The second-order valence-corrected chi connectivity index (χ2v) is 5.38. The molecule has 2 fully saturated rings. The lowest BCUT2D eigenvalue weighted by atomic mass is 10.0. The Morgan fingerprint density at radius 2 is 1.93 bits per heavy atom. The van der Waals surface area contributed by atoms with E-state index in [1.807, 2.05) is 0 Å². The number of hydrogen-bond acceptors (Lipinski definition) is 2. The summed E-state index contributed by atoms with van der Waals surface area (Å²) >= 11 is 0. The fourth-order valence-corrected chi connectivity index (χ4v) is 2.41. The maximum absolute atomic E-state index is 3.66. The Balaban J connectivity index is 1.86. The van der Waals surface area contributed by atoms with Gasteiger partial charge in [-0.3, -0.25) is 4.90 Å². The highest BCUT2D eigenvalue weighted by Gasteiger charge is 2.35. The van der Waals surface area contributed by atoms with E-state index in [1.165, 1.54) is 32.5 Å². The molecule has 1 saturated heterocycles. The Morgan fingerprint density at radius 1 is 1.21 bits per heavy atom. The van der Waals surface area contributed by atoms with Crippen molar-refractivity contribution in [3.63, 3.8) is 0 Å². The average molecular weight is 196 g/mol. The Hall–Kier alpha value is -0.0800. The molecule has 0 bridgehead atoms. The Kier molecular flexibility index (Phi) is 3.13. The summed E-state index contributed by atoms with van der Waals surface area (Å²) in [5.41, 5.74) is 0. The molecule has 0 amide bonds. The van der Waals surface area contributed by atoms with E-state index in [1.54, 1.807) is 0 Å². The van der Waals surface area contributed by atoms with Crippen LogP contribution in [0.25, 0.3) is 0 Å². The van der Waals surface area contributed by atoms with E-state index in [0.29, 0.717) is 0 Å². The van der Waals surface area contributed by atoms with Gasteiger partial charge in [-0.25, -0.2) is 0 Å². The highest BCUT2D eigenvalue weighted by atomic mass is 15.2. The van der Waals surface area contributed by atoms with Gasteiger partial charge in [0.15, 0.2) is 0 Å². The zero-order valence-electron chi connectivity index (χ0n) is 9.79. The van der Waals surface area contributed by atoms with Crippen molar-refractivity contribution in [2.24, 2.45) is 11.8 Å². The van der Waals surface area contributed by atoms with Crippen molar-refractivity contribution in [2.45, 2.75) is 45.7 Å². The molecule has 2 unspecified atom stereocenters. The molecular weight excluding hydrogens is 172 g/mol. The summed E-state index contributed by atoms with van der Waals surface area (Å²) in [6.07, 6.45) is 2.92. The highest BCUT2D eigenvalue weighted by Crippen LogP contribution is 2.34. The molecule has 0 radical (unpaired) electrons. The van der Waals surface area contributed by atoms with Crippen LogP contribution < -0.4 is 5.32 Å². The van der Waals surface area contributed by atoms with Gasteiger partial charge in [0.25, 0.3) is 0 Å². The number of rotatable bonds is 3. The van der Waals surface area contributed by atoms with Crippen LogP contribution in [0.3, 0.4) is 0 Å². The minimum Gasteiger partial charge on any atom is -0.311 e. The van der Waals surface area contributed by atoms with Gasteiger partial charge in [0.2, 0.25) is 0 Å². The molecule has 2 aliphatic rings. The number of hydrogen-bond donors (Lipinski definition) is 1. The minimum atomic E-state index is 0.748. The lowest BCUT2D eigenvalue weighted by Gasteiger charge is -2.39. The Labute approximate surface area is 88.1 Å². The zero-order chi connectivity index (χ0) is 10.1. The van der Waals surface area contributed by atoms with Crippen LogP contribution in [0.5, 0.6) is 0 Å². The van der Waals surface area contributed by atoms with Crippen molar-refractivity contribution in [3.05, 3.63) is 0 Å². The van der Waals surface area contributed by atoms with Gasteiger partial charge in [-0.2, -0.15) is 0 Å². The molecule has 1 N–H and O–H groups in total. The fraction of sp³-hybridized carbons (Fsp3) is 1.00. The van der Waals surface area contributed by atoms with Gasteiger partial charge in [0.05, 0.1) is 0 Å². The van der Waals surface area contributed by atoms with Gasteiger partial charge in [0, 0.05) is 31.7 Å². The summed E-state index contributed by atoms with van der Waals surface area (Å²) < 4.78 is 0. The summed E-state index contributed by atoms with van der Waals surface area (Å²) in [5, 5.41) is 3.66. The first-order valence-electron chi connectivity index (χ1n) is 6.16. The first-order chi connectivity index (χ1) is 6.68. The van der Waals surface area contributed by atoms with Gasteiger partial charge in [-0.05, 0) is 31.6 Å². The van der Waals surface area contributed by atoms with Crippen LogP contribution in [0.1, 0.15) is 33.6 Å². The van der Waals surface area contributed by atoms with Gasteiger partial charge < -0.3 is 5.32 Å². The average Bonchev–Trinajstić information content (AvgIpc) is 3.00. The monoisotopic (exact) mass is 196 g/mol. The second kappa shape index (κ2) is 4.19. The van der Waals surface area contributed by atoms with Crippen molar-refractivity contribution < 1.29 is 0 Å². The largest absolute Gasteiger partial charge is 0.311 e. The topological polar surface area (TPSA) is 15.3 Å². The molecule has 14 heavy (non-hydrogen) atoms. The van der Waals surface area contributed by atoms with Gasteiger partial charge in [-0.1, -0.05) is 13.8 Å². The zero-order valence-corrected chi connectivity index (χ0v) is 9.79. The SMILES string of the molecule is CC(C)C(C)N1CCNC(C2CC2)C1. The van der Waals surface area contributed by atoms with E-state index in [0.717, 1.165) is 23.9 Å². The molecule has 1 saturated carbocycles. The van der Waals surface area contributed by atoms with Crippen molar-refractivity contribution >= 4 is 0 Å². The molecule has 82 valence electrons. The van der Waals surface area contributed by atoms with E-state index in [4.69, 9.17) is 0 Å². The standard InChI is InChI=1S/C12H24N2/c1-9(2)10(3)14-7-6-13-12(8-14)11-4-5-11/h9-13H,4-8H2,1-3H3. The first-order valence-corrected chi connectivity index (χ1v) is 6.16. The van der Waals surface area contributed by atoms with Crippen LogP contribution >= 0.6 is 0 Å². The van der Waals surface area contributed by atoms with Crippen LogP contribution in [-0.2, 0) is 0 Å². The van der Waals surface area contributed by atoms with E-state index in [2.05, 4.69) is 31.0 Å². The number of nitrogens with one attached hydrogen (secondary N) is 1. The molecule has 0 aromatic rings. The molecular formula is C12H24N2. The first kappa shape index (κ1) is 10.4. The smallest absolute Gasteiger partial charge is 0.0223 e. The molecule has 2 rings (SSSR count). The molecule has 2 atom stereocenters. The Bertz CT molecular complexity index is 187. The summed E-state index contributed by atoms with van der Waals surface area (Å²) in [7, 11) is 0. The molecule has 0 aromatic carbocycles. The normalized spacial score (nSPS) is 32.1. The number of nitrogens with zero attached hydrogens (tertiary/aromatic N) is 1. The molecule has 1 aliphatic heterocycles. The third-order valence-corrected chi connectivity index (χ3v) is 3.97. The summed E-state index contributed by atoms with van der Waals surface area (Å²) in [6, 6.07) is 1.54. The molecule has 1 heterocycles. The van der Waals surface area contributed by atoms with Crippen molar-refractivity contribution in [2.75, 3.05) is 19.6 Å². The van der Waals surface area contributed by atoms with Crippen LogP contribution in [0.2, 0.25) is 0 Å². The van der Waals surface area contributed by atoms with Gasteiger partial charge in [0.1, 0.15) is 0 Å². The van der Waals surface area contributed by atoms with Crippen molar-refractivity contribution in [1.82, 2.24) is 10.2 Å². The maximum atomic E-state index is 3.66. The van der Waals surface area contributed by atoms with E-state index in [9.17, 15) is 0 Å². The van der Waals surface area contributed by atoms with E-state index >= 15 is 0 Å². The molecule has 0 spiro atoms. The van der Waals surface area contributed by atoms with Crippen molar-refractivity contribution in [1.29, 1.82) is 0 Å². The van der Waals surface area contributed by atoms with Gasteiger partial charge in [-0.15, -0.1) is 0 Å². The minimum absolute atomic E-state index is 0.748. The van der Waals surface area contributed by atoms with Crippen LogP contribution in [-0.4, -0.2) is 36.6 Å². The van der Waals surface area contributed by atoms with Crippen LogP contribution in [0.15, 0.2) is 0 Å². The van der Waals surface area contributed by atoms with Crippen LogP contribution in [0, 0.1) is 11.8 Å². The molecule has 1 aliphatic carbocycles. The maximum Gasteiger partial charge on any atom is 0.0223 e. The summed E-state index contributed by atoms with van der Waals surface area (Å²) in [4.78, 5) is 2.67. The van der Waals surface area contributed by atoms with Crippen molar-refractivity contribution in [3.8, 4) is 0 Å². The molecule has 2 heteroatoms.